The zero-order valence-electron chi connectivity index (χ0n) is 10.1. The number of likely N-dealkylation sites (N-methyl/N-ethyl adjacent to an activating group) is 1. The fourth-order valence-electron chi connectivity index (χ4n) is 2.82. The summed E-state index contributed by atoms with van der Waals surface area (Å²) in [6, 6.07) is 6.40. The first-order valence-electron chi connectivity index (χ1n) is 6.30. The van der Waals surface area contributed by atoms with Gasteiger partial charge in [-0.3, -0.25) is 4.79 Å². The lowest BCUT2D eigenvalue weighted by atomic mass is 9.92. The largest absolute Gasteiger partial charge is 0.330 e. The molecule has 0 aromatic heterocycles. The van der Waals surface area contributed by atoms with E-state index in [-0.39, 0.29) is 5.91 Å². The number of anilines is 1. The molecule has 1 aromatic carbocycles. The Balaban J connectivity index is 1.94. The van der Waals surface area contributed by atoms with Gasteiger partial charge >= 0.3 is 0 Å². The first-order valence-corrected chi connectivity index (χ1v) is 6.30. The average molecular weight is 230 g/mol. The molecular weight excluding hydrogens is 212 g/mol. The number of carbonyl (C=O) groups excluding carboxylic acids is 1. The van der Waals surface area contributed by atoms with E-state index in [4.69, 9.17) is 5.73 Å². The molecule has 17 heavy (non-hydrogen) atoms. The summed E-state index contributed by atoms with van der Waals surface area (Å²) in [5.41, 5.74) is 9.41. The van der Waals surface area contributed by atoms with Crippen molar-refractivity contribution in [3.8, 4) is 0 Å². The van der Waals surface area contributed by atoms with E-state index in [1.807, 2.05) is 7.05 Å². The van der Waals surface area contributed by atoms with Gasteiger partial charge in [0.1, 0.15) is 0 Å². The molecule has 0 bridgehead atoms. The van der Waals surface area contributed by atoms with Crippen molar-refractivity contribution < 1.29 is 4.79 Å². The molecule has 1 aromatic rings. The normalized spacial score (nSPS) is 20.6. The van der Waals surface area contributed by atoms with Gasteiger partial charge in [0.05, 0.1) is 6.42 Å². The Morgan fingerprint density at radius 1 is 1.47 bits per heavy atom. The highest BCUT2D eigenvalue weighted by Crippen LogP contribution is 2.43. The van der Waals surface area contributed by atoms with Gasteiger partial charge in [-0.15, -0.1) is 0 Å². The zero-order chi connectivity index (χ0) is 12.0. The van der Waals surface area contributed by atoms with E-state index in [1.165, 1.54) is 18.4 Å². The van der Waals surface area contributed by atoms with Crippen LogP contribution in [-0.2, 0) is 11.2 Å². The minimum atomic E-state index is 0.188. The van der Waals surface area contributed by atoms with E-state index < -0.39 is 0 Å². The fraction of sp³-hybridized carbons (Fsp3) is 0.500. The number of nitrogens with zero attached hydrogens (tertiary/aromatic N) is 1. The number of fused-ring (bicyclic) bond motifs is 1. The smallest absolute Gasteiger partial charge is 0.231 e. The molecule has 0 saturated heterocycles. The molecular formula is C14H18N2O. The second kappa shape index (κ2) is 3.84. The lowest BCUT2D eigenvalue weighted by Gasteiger charge is -2.16. The van der Waals surface area contributed by atoms with E-state index >= 15 is 0 Å². The van der Waals surface area contributed by atoms with Crippen molar-refractivity contribution in [3.63, 3.8) is 0 Å². The van der Waals surface area contributed by atoms with Crippen LogP contribution in [0.1, 0.15) is 29.9 Å². The minimum Gasteiger partial charge on any atom is -0.330 e. The Morgan fingerprint density at radius 3 is 2.88 bits per heavy atom. The molecule has 3 nitrogen and oxygen atoms in total. The fourth-order valence-corrected chi connectivity index (χ4v) is 2.82. The average Bonchev–Trinajstić information content (AvgIpc) is 3.10. The number of carbonyl (C=O) groups is 1. The van der Waals surface area contributed by atoms with Gasteiger partial charge in [0.2, 0.25) is 5.91 Å². The maximum Gasteiger partial charge on any atom is 0.231 e. The third-order valence-corrected chi connectivity index (χ3v) is 4.05. The molecule has 3 heteroatoms. The van der Waals surface area contributed by atoms with E-state index in [0.717, 1.165) is 17.2 Å². The van der Waals surface area contributed by atoms with E-state index in [1.54, 1.807) is 4.90 Å². The van der Waals surface area contributed by atoms with Crippen LogP contribution in [0.2, 0.25) is 0 Å². The minimum absolute atomic E-state index is 0.188. The molecule has 0 radical (unpaired) electrons. The molecule has 3 rings (SSSR count). The first-order chi connectivity index (χ1) is 8.20. The second-order valence-corrected chi connectivity index (χ2v) is 5.20. The first kappa shape index (κ1) is 10.8. The standard InChI is InChI=1S/C14H18N2O/c1-16-13-5-4-10(6-11(13)7-14(16)17)12(8-15)9-2-3-9/h4-6,9,12H,2-3,7-8,15H2,1H3. The number of hydrogen-bond donors (Lipinski definition) is 1. The Kier molecular flexibility index (Phi) is 2.44. The van der Waals surface area contributed by atoms with Crippen LogP contribution in [-0.4, -0.2) is 19.5 Å². The summed E-state index contributed by atoms with van der Waals surface area (Å²) in [7, 11) is 1.84. The van der Waals surface area contributed by atoms with E-state index in [2.05, 4.69) is 18.2 Å². The number of amides is 1. The lowest BCUT2D eigenvalue weighted by molar-refractivity contribution is -0.117. The summed E-state index contributed by atoms with van der Waals surface area (Å²) in [4.78, 5) is 13.4. The van der Waals surface area contributed by atoms with Gasteiger partial charge in [-0.2, -0.15) is 0 Å². The van der Waals surface area contributed by atoms with Crippen molar-refractivity contribution in [2.75, 3.05) is 18.5 Å². The van der Waals surface area contributed by atoms with Gasteiger partial charge < -0.3 is 10.6 Å². The van der Waals surface area contributed by atoms with Crippen LogP contribution >= 0.6 is 0 Å². The maximum absolute atomic E-state index is 11.6. The van der Waals surface area contributed by atoms with Crippen molar-refractivity contribution in [2.45, 2.75) is 25.2 Å². The Bertz CT molecular complexity index is 465. The highest BCUT2D eigenvalue weighted by molar-refractivity contribution is 6.00. The van der Waals surface area contributed by atoms with Gasteiger partial charge in [0, 0.05) is 12.7 Å². The molecule has 1 aliphatic carbocycles. The predicted octanol–water partition coefficient (Wildman–Crippen LogP) is 1.66. The summed E-state index contributed by atoms with van der Waals surface area (Å²) in [5, 5.41) is 0. The topological polar surface area (TPSA) is 46.3 Å². The summed E-state index contributed by atoms with van der Waals surface area (Å²) >= 11 is 0. The highest BCUT2D eigenvalue weighted by Gasteiger charge is 2.32. The van der Waals surface area contributed by atoms with Crippen molar-refractivity contribution in [1.82, 2.24) is 0 Å². The highest BCUT2D eigenvalue weighted by atomic mass is 16.2. The molecule has 1 atom stereocenters. The predicted molar refractivity (Wildman–Crippen MR) is 68.1 cm³/mol. The molecule has 2 aliphatic rings. The summed E-state index contributed by atoms with van der Waals surface area (Å²) in [6.45, 7) is 0.716. The van der Waals surface area contributed by atoms with Crippen molar-refractivity contribution in [2.24, 2.45) is 11.7 Å². The SMILES string of the molecule is CN1C(=O)Cc2cc(C(CN)C3CC3)ccc21. The lowest BCUT2D eigenvalue weighted by Crippen LogP contribution is -2.20. The molecule has 1 unspecified atom stereocenters. The maximum atomic E-state index is 11.6. The van der Waals surface area contributed by atoms with E-state index in [9.17, 15) is 4.79 Å². The van der Waals surface area contributed by atoms with Gasteiger partial charge in [-0.25, -0.2) is 0 Å². The van der Waals surface area contributed by atoms with Crippen molar-refractivity contribution in [3.05, 3.63) is 29.3 Å². The van der Waals surface area contributed by atoms with Crippen LogP contribution in [0.15, 0.2) is 18.2 Å². The van der Waals surface area contributed by atoms with Crippen molar-refractivity contribution in [1.29, 1.82) is 0 Å². The number of nitrogens with two attached hydrogens (primary N) is 1. The number of benzene rings is 1. The molecule has 0 spiro atoms. The Labute approximate surface area is 102 Å². The molecule has 1 heterocycles. The second-order valence-electron chi connectivity index (χ2n) is 5.20. The molecule has 1 fully saturated rings. The van der Waals surface area contributed by atoms with Crippen LogP contribution in [0.5, 0.6) is 0 Å². The number of rotatable bonds is 3. The molecule has 90 valence electrons. The van der Waals surface area contributed by atoms with Crippen LogP contribution in [0.4, 0.5) is 5.69 Å². The third kappa shape index (κ3) is 1.75. The third-order valence-electron chi connectivity index (χ3n) is 4.05. The quantitative estimate of drug-likeness (QED) is 0.858. The summed E-state index contributed by atoms with van der Waals surface area (Å²) in [5.74, 6) is 1.45. The Hall–Kier alpha value is -1.35. The number of hydrogen-bond acceptors (Lipinski definition) is 2. The summed E-state index contributed by atoms with van der Waals surface area (Å²) < 4.78 is 0. The summed E-state index contributed by atoms with van der Waals surface area (Å²) in [6.07, 6.45) is 3.15. The monoisotopic (exact) mass is 230 g/mol. The van der Waals surface area contributed by atoms with Gasteiger partial charge in [-0.1, -0.05) is 12.1 Å². The van der Waals surface area contributed by atoms with Gasteiger partial charge in [0.15, 0.2) is 0 Å². The van der Waals surface area contributed by atoms with Crippen LogP contribution in [0.3, 0.4) is 0 Å². The van der Waals surface area contributed by atoms with Gasteiger partial charge in [-0.05, 0) is 48.4 Å². The van der Waals surface area contributed by atoms with Crippen molar-refractivity contribution >= 4 is 11.6 Å². The van der Waals surface area contributed by atoms with Crippen LogP contribution < -0.4 is 10.6 Å². The van der Waals surface area contributed by atoms with Crippen LogP contribution in [0, 0.1) is 5.92 Å². The molecule has 1 aliphatic heterocycles. The molecule has 1 saturated carbocycles. The van der Waals surface area contributed by atoms with Crippen LogP contribution in [0.25, 0.3) is 0 Å². The molecule has 2 N–H and O–H groups in total. The zero-order valence-corrected chi connectivity index (χ0v) is 10.1. The molecule has 1 amide bonds. The Morgan fingerprint density at radius 2 is 2.24 bits per heavy atom. The van der Waals surface area contributed by atoms with Gasteiger partial charge in [0.25, 0.3) is 0 Å². The van der Waals surface area contributed by atoms with E-state index in [0.29, 0.717) is 18.9 Å².